The van der Waals surface area contributed by atoms with E-state index in [0.29, 0.717) is 41.6 Å². The van der Waals surface area contributed by atoms with Crippen LogP contribution in [0.5, 0.6) is 0 Å². The van der Waals surface area contributed by atoms with Crippen LogP contribution in [0.15, 0.2) is 76.1 Å². The summed E-state index contributed by atoms with van der Waals surface area (Å²) in [6, 6.07) is 20.3. The molecule has 1 aromatic heterocycles. The summed E-state index contributed by atoms with van der Waals surface area (Å²) in [6.45, 7) is 2.79. The molecule has 0 bridgehead atoms. The van der Waals surface area contributed by atoms with Gasteiger partial charge in [0.1, 0.15) is 11.5 Å². The zero-order valence-electron chi connectivity index (χ0n) is 18.9. The number of carbonyl (C=O) groups excluding carboxylic acids is 3. The summed E-state index contributed by atoms with van der Waals surface area (Å²) >= 11 is 0.917. The number of carbonyl (C=O) groups is 3. The Balaban J connectivity index is 1.40. The Bertz CT molecular complexity index is 1200. The molecule has 1 aliphatic rings. The minimum Gasteiger partial charge on any atom is -0.462 e. The molecule has 1 aliphatic heterocycles. The van der Waals surface area contributed by atoms with Gasteiger partial charge < -0.3 is 9.15 Å². The molecule has 0 N–H and O–H groups in total. The van der Waals surface area contributed by atoms with E-state index in [0.717, 1.165) is 35.7 Å². The molecule has 0 radical (unpaired) electrons. The summed E-state index contributed by atoms with van der Waals surface area (Å²) < 4.78 is 11.1. The quantitative estimate of drug-likeness (QED) is 0.209. The monoisotopic (exact) mass is 475 g/mol. The number of rotatable bonds is 9. The van der Waals surface area contributed by atoms with E-state index in [2.05, 4.69) is 0 Å². The second-order valence-corrected chi connectivity index (χ2v) is 8.83. The molecular formula is C27H25NO5S. The molecule has 0 saturated carbocycles. The summed E-state index contributed by atoms with van der Waals surface area (Å²) in [6.07, 6.45) is 4.01. The first-order chi connectivity index (χ1) is 16.5. The summed E-state index contributed by atoms with van der Waals surface area (Å²) in [4.78, 5) is 38.8. The van der Waals surface area contributed by atoms with E-state index in [1.807, 2.05) is 37.3 Å². The van der Waals surface area contributed by atoms with Crippen LogP contribution in [-0.2, 0) is 16.0 Å². The van der Waals surface area contributed by atoms with Gasteiger partial charge >= 0.3 is 5.97 Å². The van der Waals surface area contributed by atoms with Crippen molar-refractivity contribution in [3.05, 3.63) is 88.5 Å². The van der Waals surface area contributed by atoms with Crippen LogP contribution in [0.1, 0.15) is 41.4 Å². The summed E-state index contributed by atoms with van der Waals surface area (Å²) in [5.74, 6) is 0.421. The number of imide groups is 1. The lowest BCUT2D eigenvalue weighted by molar-refractivity contribution is -0.122. The molecule has 0 aliphatic carbocycles. The van der Waals surface area contributed by atoms with Crippen LogP contribution in [-0.4, -0.2) is 35.2 Å². The molecule has 1 fully saturated rings. The minimum atomic E-state index is -0.344. The summed E-state index contributed by atoms with van der Waals surface area (Å²) in [5, 5.41) is -0.277. The number of furan rings is 1. The molecule has 0 atom stereocenters. The van der Waals surface area contributed by atoms with Gasteiger partial charge in [-0.3, -0.25) is 14.5 Å². The van der Waals surface area contributed by atoms with Gasteiger partial charge in [0.05, 0.1) is 17.1 Å². The Kier molecular flexibility index (Phi) is 7.65. The number of unbranched alkanes of at least 4 members (excludes halogenated alkanes) is 1. The fraction of sp³-hybridized carbons (Fsp3) is 0.222. The minimum absolute atomic E-state index is 0.277. The Labute approximate surface area is 202 Å². The number of benzene rings is 2. The highest BCUT2D eigenvalue weighted by Gasteiger charge is 2.34. The highest BCUT2D eigenvalue weighted by atomic mass is 32.2. The highest BCUT2D eigenvalue weighted by molar-refractivity contribution is 8.18. The van der Waals surface area contributed by atoms with Gasteiger partial charge in [0.2, 0.25) is 0 Å². The van der Waals surface area contributed by atoms with Crippen LogP contribution >= 0.6 is 11.8 Å². The molecule has 1 saturated heterocycles. The van der Waals surface area contributed by atoms with Gasteiger partial charge in [-0.05, 0) is 54.4 Å². The zero-order chi connectivity index (χ0) is 23.9. The van der Waals surface area contributed by atoms with E-state index in [9.17, 15) is 14.4 Å². The van der Waals surface area contributed by atoms with E-state index in [1.165, 1.54) is 4.90 Å². The van der Waals surface area contributed by atoms with E-state index < -0.39 is 0 Å². The third-order valence-electron chi connectivity index (χ3n) is 5.38. The molecule has 4 rings (SSSR count). The lowest BCUT2D eigenvalue weighted by Crippen LogP contribution is -2.30. The van der Waals surface area contributed by atoms with Gasteiger partial charge in [-0.2, -0.15) is 0 Å². The number of hydrogen-bond acceptors (Lipinski definition) is 6. The van der Waals surface area contributed by atoms with Gasteiger partial charge in [0.25, 0.3) is 11.1 Å². The van der Waals surface area contributed by atoms with Crippen LogP contribution < -0.4 is 0 Å². The van der Waals surface area contributed by atoms with Crippen molar-refractivity contribution in [3.8, 4) is 11.3 Å². The average molecular weight is 476 g/mol. The van der Waals surface area contributed by atoms with Crippen molar-refractivity contribution in [2.24, 2.45) is 0 Å². The number of hydrogen-bond donors (Lipinski definition) is 0. The fourth-order valence-electron chi connectivity index (χ4n) is 3.46. The van der Waals surface area contributed by atoms with Crippen molar-refractivity contribution < 1.29 is 23.5 Å². The van der Waals surface area contributed by atoms with Crippen LogP contribution in [0.3, 0.4) is 0 Å². The Morgan fingerprint density at radius 2 is 1.79 bits per heavy atom. The maximum Gasteiger partial charge on any atom is 0.338 e. The zero-order valence-corrected chi connectivity index (χ0v) is 19.7. The van der Waals surface area contributed by atoms with Crippen molar-refractivity contribution in [1.82, 2.24) is 4.90 Å². The SMILES string of the molecule is CCCCOC(=O)c1ccc(-c2ccc(/C=C3/SC(=O)N(CCc4ccccc4)C3=O)o2)cc1. The predicted molar refractivity (Wildman–Crippen MR) is 132 cm³/mol. The maximum atomic E-state index is 12.7. The second-order valence-electron chi connectivity index (χ2n) is 7.84. The molecular weight excluding hydrogens is 450 g/mol. The fourth-order valence-corrected chi connectivity index (χ4v) is 4.30. The van der Waals surface area contributed by atoms with E-state index >= 15 is 0 Å². The normalized spacial score (nSPS) is 14.7. The van der Waals surface area contributed by atoms with Crippen LogP contribution in [0.4, 0.5) is 4.79 Å². The van der Waals surface area contributed by atoms with Gasteiger partial charge in [-0.15, -0.1) is 0 Å². The number of amides is 2. The van der Waals surface area contributed by atoms with E-state index in [-0.39, 0.29) is 17.1 Å². The van der Waals surface area contributed by atoms with Gasteiger partial charge in [0.15, 0.2) is 0 Å². The number of nitrogens with zero attached hydrogens (tertiary/aromatic N) is 1. The lowest BCUT2D eigenvalue weighted by Gasteiger charge is -2.11. The van der Waals surface area contributed by atoms with Crippen molar-refractivity contribution in [1.29, 1.82) is 0 Å². The second kappa shape index (κ2) is 11.0. The average Bonchev–Trinajstić information content (AvgIpc) is 3.43. The third kappa shape index (κ3) is 5.66. The molecule has 3 aromatic rings. The molecule has 6 nitrogen and oxygen atoms in total. The molecule has 2 amide bonds. The predicted octanol–water partition coefficient (Wildman–Crippen LogP) is 6.18. The molecule has 0 unspecified atom stereocenters. The van der Waals surface area contributed by atoms with Gasteiger partial charge in [0, 0.05) is 18.2 Å². The smallest absolute Gasteiger partial charge is 0.338 e. The first kappa shape index (κ1) is 23.6. The first-order valence-electron chi connectivity index (χ1n) is 11.2. The van der Waals surface area contributed by atoms with Crippen molar-refractivity contribution in [2.75, 3.05) is 13.2 Å². The van der Waals surface area contributed by atoms with Crippen molar-refractivity contribution in [3.63, 3.8) is 0 Å². The molecule has 0 spiro atoms. The van der Waals surface area contributed by atoms with Crippen LogP contribution in [0, 0.1) is 0 Å². The number of thioether (sulfide) groups is 1. The molecule has 7 heteroatoms. The van der Waals surface area contributed by atoms with Crippen LogP contribution in [0.2, 0.25) is 0 Å². The van der Waals surface area contributed by atoms with Crippen molar-refractivity contribution in [2.45, 2.75) is 26.2 Å². The molecule has 2 aromatic carbocycles. The molecule has 34 heavy (non-hydrogen) atoms. The largest absolute Gasteiger partial charge is 0.462 e. The summed E-state index contributed by atoms with van der Waals surface area (Å²) in [5.41, 5.74) is 2.35. The Morgan fingerprint density at radius 1 is 1.03 bits per heavy atom. The maximum absolute atomic E-state index is 12.7. The van der Waals surface area contributed by atoms with Crippen LogP contribution in [0.25, 0.3) is 17.4 Å². The topological polar surface area (TPSA) is 76.8 Å². The van der Waals surface area contributed by atoms with E-state index in [1.54, 1.807) is 42.5 Å². The highest BCUT2D eigenvalue weighted by Crippen LogP contribution is 2.33. The van der Waals surface area contributed by atoms with E-state index in [4.69, 9.17) is 9.15 Å². The van der Waals surface area contributed by atoms with Gasteiger partial charge in [-0.25, -0.2) is 4.79 Å². The number of ether oxygens (including phenoxy) is 1. The molecule has 2 heterocycles. The first-order valence-corrected chi connectivity index (χ1v) is 12.0. The Morgan fingerprint density at radius 3 is 2.53 bits per heavy atom. The molecule has 174 valence electrons. The third-order valence-corrected chi connectivity index (χ3v) is 6.28. The van der Waals surface area contributed by atoms with Gasteiger partial charge in [-0.1, -0.05) is 55.8 Å². The standard InChI is InChI=1S/C27H25NO5S/c1-2-3-17-32-26(30)21-11-9-20(10-12-21)23-14-13-22(33-23)18-24-25(29)28(27(31)34-24)16-15-19-7-5-4-6-8-19/h4-14,18H,2-3,15-17H2,1H3/b24-18+. The Hall–Kier alpha value is -3.58. The lowest BCUT2D eigenvalue weighted by atomic mass is 10.1. The van der Waals surface area contributed by atoms with Crippen molar-refractivity contribution >= 4 is 35.0 Å². The number of esters is 1. The summed E-state index contributed by atoms with van der Waals surface area (Å²) in [7, 11) is 0.